The number of benzene rings is 1. The molecule has 1 aromatic carbocycles. The van der Waals surface area contributed by atoms with Crippen LogP contribution in [0.25, 0.3) is 11.0 Å². The Bertz CT molecular complexity index is 601. The van der Waals surface area contributed by atoms with Crippen LogP contribution in [0, 0.1) is 0 Å². The summed E-state index contributed by atoms with van der Waals surface area (Å²) in [7, 11) is 0. The summed E-state index contributed by atoms with van der Waals surface area (Å²) in [6.45, 7) is 8.67. The van der Waals surface area contributed by atoms with Crippen LogP contribution in [-0.4, -0.2) is 15.6 Å². The second kappa shape index (κ2) is 6.80. The largest absolute Gasteiger partial charge is 0.328 e. The summed E-state index contributed by atoms with van der Waals surface area (Å²) >= 11 is 6.39. The zero-order chi connectivity index (χ0) is 15.6. The van der Waals surface area contributed by atoms with Gasteiger partial charge in [-0.05, 0) is 45.7 Å². The van der Waals surface area contributed by atoms with Gasteiger partial charge in [-0.15, -0.1) is 0 Å². The molecule has 0 bridgehead atoms. The van der Waals surface area contributed by atoms with Crippen molar-refractivity contribution in [3.8, 4) is 0 Å². The Labute approximate surface area is 132 Å². The first-order valence-corrected chi connectivity index (χ1v) is 8.21. The molecule has 0 saturated heterocycles. The van der Waals surface area contributed by atoms with Crippen LogP contribution in [0.4, 0.5) is 0 Å². The molecule has 0 aliphatic rings. The zero-order valence-corrected chi connectivity index (χ0v) is 14.2. The topological polar surface area (TPSA) is 43.8 Å². The quantitative estimate of drug-likeness (QED) is 0.825. The zero-order valence-electron chi connectivity index (χ0n) is 13.4. The summed E-state index contributed by atoms with van der Waals surface area (Å²) in [4.78, 5) is 4.84. The Balaban J connectivity index is 2.34. The number of halogens is 1. The molecule has 4 heteroatoms. The van der Waals surface area contributed by atoms with Crippen LogP contribution in [0.15, 0.2) is 18.2 Å². The van der Waals surface area contributed by atoms with Gasteiger partial charge in [0, 0.05) is 18.0 Å². The van der Waals surface area contributed by atoms with Gasteiger partial charge >= 0.3 is 0 Å². The van der Waals surface area contributed by atoms with Crippen LogP contribution in [-0.2, 0) is 0 Å². The molecule has 1 heterocycles. The minimum absolute atomic E-state index is 0.274. The van der Waals surface area contributed by atoms with E-state index in [4.69, 9.17) is 22.3 Å². The van der Waals surface area contributed by atoms with Crippen molar-refractivity contribution in [1.82, 2.24) is 9.55 Å². The predicted molar refractivity (Wildman–Crippen MR) is 91.0 cm³/mol. The molecular formula is C17H26ClN3. The normalized spacial score (nSPS) is 14.8. The standard InChI is InChI=1S/C17H26ClN3/c1-11(2)21-16-14(18)9-6-10-15(16)20-17(21)12(3)7-5-8-13(4)19/h6,9-13H,5,7-8,19H2,1-4H3. The molecule has 3 nitrogen and oxygen atoms in total. The van der Waals surface area contributed by atoms with Crippen molar-refractivity contribution < 1.29 is 0 Å². The van der Waals surface area contributed by atoms with Crippen molar-refractivity contribution in [3.63, 3.8) is 0 Å². The van der Waals surface area contributed by atoms with Crippen LogP contribution in [0.3, 0.4) is 0 Å². The molecule has 2 rings (SSSR count). The second-order valence-electron chi connectivity index (χ2n) is 6.35. The fourth-order valence-corrected chi connectivity index (χ4v) is 3.13. The average Bonchev–Trinajstić information content (AvgIpc) is 2.79. The molecule has 0 aliphatic carbocycles. The average molecular weight is 308 g/mol. The molecule has 2 aromatic rings. The molecule has 0 fully saturated rings. The number of para-hydroxylation sites is 1. The maximum Gasteiger partial charge on any atom is 0.112 e. The highest BCUT2D eigenvalue weighted by atomic mass is 35.5. The van der Waals surface area contributed by atoms with Crippen LogP contribution >= 0.6 is 11.6 Å². The van der Waals surface area contributed by atoms with Gasteiger partial charge < -0.3 is 10.3 Å². The van der Waals surface area contributed by atoms with E-state index in [2.05, 4.69) is 32.3 Å². The van der Waals surface area contributed by atoms with Crippen LogP contribution in [0.2, 0.25) is 5.02 Å². The third-order valence-corrected chi connectivity index (χ3v) is 4.25. The van der Waals surface area contributed by atoms with E-state index in [-0.39, 0.29) is 6.04 Å². The van der Waals surface area contributed by atoms with E-state index in [0.717, 1.165) is 41.1 Å². The molecule has 2 N–H and O–H groups in total. The van der Waals surface area contributed by atoms with E-state index >= 15 is 0 Å². The van der Waals surface area contributed by atoms with Gasteiger partial charge in [0.05, 0.1) is 16.1 Å². The summed E-state index contributed by atoms with van der Waals surface area (Å²) in [6, 6.07) is 6.57. The van der Waals surface area contributed by atoms with Crippen molar-refractivity contribution in [1.29, 1.82) is 0 Å². The SMILES string of the molecule is CC(N)CCCC(C)c1nc2cccc(Cl)c2n1C(C)C. The Morgan fingerprint density at radius 2 is 1.90 bits per heavy atom. The van der Waals surface area contributed by atoms with Crippen molar-refractivity contribution >= 4 is 22.6 Å². The smallest absolute Gasteiger partial charge is 0.112 e. The van der Waals surface area contributed by atoms with Gasteiger partial charge in [0.1, 0.15) is 5.82 Å². The third kappa shape index (κ3) is 3.58. The van der Waals surface area contributed by atoms with Crippen molar-refractivity contribution in [2.24, 2.45) is 5.73 Å². The van der Waals surface area contributed by atoms with Crippen molar-refractivity contribution in [3.05, 3.63) is 29.0 Å². The minimum Gasteiger partial charge on any atom is -0.328 e. The first-order chi connectivity index (χ1) is 9.91. The molecule has 116 valence electrons. The van der Waals surface area contributed by atoms with E-state index in [0.29, 0.717) is 12.0 Å². The number of nitrogens with two attached hydrogens (primary N) is 1. The summed E-state index contributed by atoms with van der Waals surface area (Å²) < 4.78 is 2.29. The molecular weight excluding hydrogens is 282 g/mol. The van der Waals surface area contributed by atoms with Gasteiger partial charge in [-0.3, -0.25) is 0 Å². The Kier molecular flexibility index (Phi) is 5.28. The number of rotatable bonds is 6. The van der Waals surface area contributed by atoms with Crippen molar-refractivity contribution in [2.75, 3.05) is 0 Å². The number of fused-ring (bicyclic) bond motifs is 1. The van der Waals surface area contributed by atoms with Gasteiger partial charge in [-0.1, -0.05) is 31.0 Å². The van der Waals surface area contributed by atoms with Crippen LogP contribution < -0.4 is 5.73 Å². The fourth-order valence-electron chi connectivity index (χ4n) is 2.87. The first-order valence-electron chi connectivity index (χ1n) is 7.83. The van der Waals surface area contributed by atoms with Crippen molar-refractivity contribution in [2.45, 2.75) is 65.0 Å². The van der Waals surface area contributed by atoms with E-state index in [9.17, 15) is 0 Å². The fraction of sp³-hybridized carbons (Fsp3) is 0.588. The van der Waals surface area contributed by atoms with E-state index < -0.39 is 0 Å². The second-order valence-corrected chi connectivity index (χ2v) is 6.76. The molecule has 21 heavy (non-hydrogen) atoms. The highest BCUT2D eigenvalue weighted by molar-refractivity contribution is 6.35. The molecule has 1 aromatic heterocycles. The lowest BCUT2D eigenvalue weighted by molar-refractivity contribution is 0.504. The van der Waals surface area contributed by atoms with Gasteiger partial charge in [0.2, 0.25) is 0 Å². The summed E-state index contributed by atoms with van der Waals surface area (Å²) in [5, 5.41) is 0.780. The summed E-state index contributed by atoms with van der Waals surface area (Å²) in [5.41, 5.74) is 7.89. The van der Waals surface area contributed by atoms with Gasteiger partial charge in [0.25, 0.3) is 0 Å². The maximum atomic E-state index is 6.39. The number of aromatic nitrogens is 2. The molecule has 0 radical (unpaired) electrons. The minimum atomic E-state index is 0.274. The summed E-state index contributed by atoms with van der Waals surface area (Å²) in [5.74, 6) is 1.55. The van der Waals surface area contributed by atoms with E-state index in [1.54, 1.807) is 0 Å². The lowest BCUT2D eigenvalue weighted by Gasteiger charge is -2.18. The van der Waals surface area contributed by atoms with E-state index in [1.165, 1.54) is 0 Å². The predicted octanol–water partition coefficient (Wildman–Crippen LogP) is 4.89. The summed E-state index contributed by atoms with van der Waals surface area (Å²) in [6.07, 6.45) is 3.30. The Morgan fingerprint density at radius 3 is 2.52 bits per heavy atom. The van der Waals surface area contributed by atoms with Gasteiger partial charge in [-0.2, -0.15) is 0 Å². The van der Waals surface area contributed by atoms with Gasteiger partial charge in [0.15, 0.2) is 0 Å². The lowest BCUT2D eigenvalue weighted by atomic mass is 10.0. The molecule has 0 amide bonds. The monoisotopic (exact) mass is 307 g/mol. The Morgan fingerprint density at radius 1 is 1.19 bits per heavy atom. The molecule has 0 saturated carbocycles. The highest BCUT2D eigenvalue weighted by Crippen LogP contribution is 2.32. The number of imidazole rings is 1. The number of hydrogen-bond donors (Lipinski definition) is 1. The molecule has 2 unspecified atom stereocenters. The van der Waals surface area contributed by atoms with Crippen LogP contribution in [0.1, 0.15) is 64.7 Å². The molecule has 2 atom stereocenters. The lowest BCUT2D eigenvalue weighted by Crippen LogP contribution is -2.15. The Hall–Kier alpha value is -1.06. The van der Waals surface area contributed by atoms with Gasteiger partial charge in [-0.25, -0.2) is 4.98 Å². The third-order valence-electron chi connectivity index (χ3n) is 3.94. The first kappa shape index (κ1) is 16.3. The number of hydrogen-bond acceptors (Lipinski definition) is 2. The highest BCUT2D eigenvalue weighted by Gasteiger charge is 2.19. The number of nitrogens with zero attached hydrogens (tertiary/aromatic N) is 2. The van der Waals surface area contributed by atoms with E-state index in [1.807, 2.05) is 18.2 Å². The van der Waals surface area contributed by atoms with Crippen LogP contribution in [0.5, 0.6) is 0 Å². The molecule has 0 spiro atoms. The molecule has 0 aliphatic heterocycles. The maximum absolute atomic E-state index is 6.39.